The Morgan fingerprint density at radius 1 is 1.17 bits per heavy atom. The van der Waals surface area contributed by atoms with Gasteiger partial charge in [0.05, 0.1) is 4.90 Å². The van der Waals surface area contributed by atoms with Crippen LogP contribution in [0.1, 0.15) is 17.5 Å². The number of nitrogens with one attached hydrogen (secondary N) is 1. The molecular formula is C21H23FN2O5S. The van der Waals surface area contributed by atoms with Crippen molar-refractivity contribution in [2.45, 2.75) is 42.9 Å². The minimum atomic E-state index is -4.11. The van der Waals surface area contributed by atoms with E-state index in [9.17, 15) is 27.5 Å². The maximum Gasteiger partial charge on any atom is 0.326 e. The summed E-state index contributed by atoms with van der Waals surface area (Å²) < 4.78 is 40.9. The molecule has 0 spiro atoms. The van der Waals surface area contributed by atoms with Gasteiger partial charge in [0.2, 0.25) is 15.9 Å². The first kappa shape index (κ1) is 21.9. The first-order valence-electron chi connectivity index (χ1n) is 9.48. The predicted octanol–water partition coefficient (Wildman–Crippen LogP) is 1.91. The molecule has 1 aliphatic rings. The second kappa shape index (κ2) is 8.93. The van der Waals surface area contributed by atoms with E-state index in [0.29, 0.717) is 5.56 Å². The number of carbonyl (C=O) groups excluding carboxylic acids is 1. The maximum absolute atomic E-state index is 14.1. The lowest BCUT2D eigenvalue weighted by Crippen LogP contribution is -2.51. The van der Waals surface area contributed by atoms with E-state index in [0.717, 1.165) is 9.87 Å². The van der Waals surface area contributed by atoms with Gasteiger partial charge >= 0.3 is 5.97 Å². The van der Waals surface area contributed by atoms with Crippen molar-refractivity contribution in [3.8, 4) is 0 Å². The highest BCUT2D eigenvalue weighted by molar-refractivity contribution is 7.89. The molecule has 0 aliphatic carbocycles. The van der Waals surface area contributed by atoms with Crippen LogP contribution in [-0.4, -0.2) is 54.5 Å². The van der Waals surface area contributed by atoms with Crippen molar-refractivity contribution in [1.29, 1.82) is 0 Å². The summed E-state index contributed by atoms with van der Waals surface area (Å²) in [5, 5.41) is 11.9. The number of amides is 1. The lowest BCUT2D eigenvalue weighted by Gasteiger charge is -2.24. The van der Waals surface area contributed by atoms with Gasteiger partial charge < -0.3 is 10.4 Å². The fourth-order valence-corrected chi connectivity index (χ4v) is 5.05. The number of nitrogens with zero attached hydrogens (tertiary/aromatic N) is 1. The molecule has 1 fully saturated rings. The Bertz CT molecular complexity index is 1010. The number of rotatable bonds is 7. The van der Waals surface area contributed by atoms with E-state index in [1.165, 1.54) is 12.1 Å². The lowest BCUT2D eigenvalue weighted by molar-refractivity contribution is -0.142. The van der Waals surface area contributed by atoms with Crippen LogP contribution in [-0.2, 0) is 26.0 Å². The number of aliphatic carboxylic acids is 1. The van der Waals surface area contributed by atoms with Crippen LogP contribution in [0, 0.1) is 6.92 Å². The van der Waals surface area contributed by atoms with Gasteiger partial charge in [0, 0.05) is 19.4 Å². The molecule has 7 nitrogen and oxygen atoms in total. The van der Waals surface area contributed by atoms with E-state index in [4.69, 9.17) is 0 Å². The number of carboxylic acid groups (broad SMARTS) is 1. The van der Waals surface area contributed by atoms with E-state index in [1.54, 1.807) is 49.4 Å². The molecule has 9 heteroatoms. The number of halogens is 1. The number of carboxylic acids is 1. The number of benzene rings is 2. The number of hydrogen-bond donors (Lipinski definition) is 2. The zero-order valence-electron chi connectivity index (χ0n) is 16.4. The molecule has 0 bridgehead atoms. The topological polar surface area (TPSA) is 104 Å². The molecule has 30 heavy (non-hydrogen) atoms. The van der Waals surface area contributed by atoms with E-state index in [-0.39, 0.29) is 17.7 Å². The quantitative estimate of drug-likeness (QED) is 0.693. The summed E-state index contributed by atoms with van der Waals surface area (Å²) in [6.07, 6.45) is -1.81. The first-order chi connectivity index (χ1) is 14.2. The smallest absolute Gasteiger partial charge is 0.326 e. The van der Waals surface area contributed by atoms with Gasteiger partial charge in [0.1, 0.15) is 18.3 Å². The molecule has 2 aromatic rings. The third kappa shape index (κ3) is 4.85. The minimum absolute atomic E-state index is 0.0262. The van der Waals surface area contributed by atoms with Gasteiger partial charge in [-0.25, -0.2) is 17.6 Å². The van der Waals surface area contributed by atoms with Crippen molar-refractivity contribution in [3.63, 3.8) is 0 Å². The average Bonchev–Trinajstić information content (AvgIpc) is 3.11. The monoisotopic (exact) mass is 434 g/mol. The maximum atomic E-state index is 14.1. The van der Waals surface area contributed by atoms with E-state index < -0.39 is 46.7 Å². The highest BCUT2D eigenvalue weighted by Gasteiger charge is 2.44. The molecule has 2 N–H and O–H groups in total. The van der Waals surface area contributed by atoms with Crippen molar-refractivity contribution < 1.29 is 27.5 Å². The highest BCUT2D eigenvalue weighted by Crippen LogP contribution is 2.28. The van der Waals surface area contributed by atoms with Crippen LogP contribution in [0.2, 0.25) is 0 Å². The van der Waals surface area contributed by atoms with Crippen LogP contribution in [0.15, 0.2) is 59.5 Å². The number of alkyl halides is 1. The largest absolute Gasteiger partial charge is 0.480 e. The van der Waals surface area contributed by atoms with E-state index in [2.05, 4.69) is 5.32 Å². The Morgan fingerprint density at radius 3 is 2.40 bits per heavy atom. The molecule has 3 atom stereocenters. The standard InChI is InChI=1S/C21H23FN2O5S/c1-14-7-9-17(10-8-14)30(28,29)24-13-16(22)12-19(24)20(25)23-18(21(26)27)11-15-5-3-2-4-6-15/h2-10,16,18-19H,11-13H2,1H3,(H,23,25)(H,26,27)/t16-,18-,19-/m0/s1. The highest BCUT2D eigenvalue weighted by atomic mass is 32.2. The minimum Gasteiger partial charge on any atom is -0.480 e. The van der Waals surface area contributed by atoms with E-state index in [1.807, 2.05) is 0 Å². The van der Waals surface area contributed by atoms with Crippen LogP contribution in [0.5, 0.6) is 0 Å². The molecule has 3 rings (SSSR count). The fraction of sp³-hybridized carbons (Fsp3) is 0.333. The zero-order valence-corrected chi connectivity index (χ0v) is 17.2. The summed E-state index contributed by atoms with van der Waals surface area (Å²) in [4.78, 5) is 24.4. The Hall–Kier alpha value is -2.78. The number of sulfonamides is 1. The number of carbonyl (C=O) groups is 2. The summed E-state index contributed by atoms with van der Waals surface area (Å²) in [6, 6.07) is 12.2. The van der Waals surface area contributed by atoms with Crippen molar-refractivity contribution in [2.75, 3.05) is 6.54 Å². The van der Waals surface area contributed by atoms with Gasteiger partial charge in [-0.15, -0.1) is 0 Å². The van der Waals surface area contributed by atoms with Crippen LogP contribution < -0.4 is 5.32 Å². The second-order valence-corrected chi connectivity index (χ2v) is 9.22. The molecule has 1 heterocycles. The van der Waals surface area contributed by atoms with Crippen molar-refractivity contribution in [3.05, 3.63) is 65.7 Å². The van der Waals surface area contributed by atoms with Crippen LogP contribution in [0.3, 0.4) is 0 Å². The van der Waals surface area contributed by atoms with Crippen molar-refractivity contribution >= 4 is 21.9 Å². The summed E-state index contributed by atoms with van der Waals surface area (Å²) in [5.74, 6) is -2.08. The van der Waals surface area contributed by atoms with Crippen LogP contribution >= 0.6 is 0 Å². The Morgan fingerprint density at radius 2 is 1.80 bits per heavy atom. The van der Waals surface area contributed by atoms with Gasteiger partial charge in [-0.05, 0) is 24.6 Å². The van der Waals surface area contributed by atoms with Gasteiger partial charge in [-0.1, -0.05) is 48.0 Å². The fourth-order valence-electron chi connectivity index (χ4n) is 3.42. The molecule has 0 aromatic heterocycles. The number of aryl methyl sites for hydroxylation is 1. The second-order valence-electron chi connectivity index (χ2n) is 7.33. The molecule has 1 saturated heterocycles. The Balaban J connectivity index is 1.80. The summed E-state index contributed by atoms with van der Waals surface area (Å²) in [6.45, 7) is 1.35. The first-order valence-corrected chi connectivity index (χ1v) is 10.9. The third-order valence-electron chi connectivity index (χ3n) is 5.03. The molecule has 1 aliphatic heterocycles. The SMILES string of the molecule is Cc1ccc(S(=O)(=O)N2C[C@@H](F)C[C@H]2C(=O)N[C@@H](Cc2ccccc2)C(=O)O)cc1. The van der Waals surface area contributed by atoms with Gasteiger partial charge in [-0.2, -0.15) is 4.31 Å². The van der Waals surface area contributed by atoms with E-state index >= 15 is 0 Å². The van der Waals surface area contributed by atoms with Crippen molar-refractivity contribution in [2.24, 2.45) is 0 Å². The van der Waals surface area contributed by atoms with Crippen LogP contribution in [0.4, 0.5) is 4.39 Å². The predicted molar refractivity (Wildman–Crippen MR) is 108 cm³/mol. The Labute approximate surface area is 174 Å². The molecular weight excluding hydrogens is 411 g/mol. The molecule has 160 valence electrons. The summed E-state index contributed by atoms with van der Waals surface area (Å²) in [7, 11) is -4.11. The lowest BCUT2D eigenvalue weighted by atomic mass is 10.1. The molecule has 0 radical (unpaired) electrons. The molecule has 2 aromatic carbocycles. The number of hydrogen-bond acceptors (Lipinski definition) is 4. The van der Waals surface area contributed by atoms with Gasteiger partial charge in [0.15, 0.2) is 0 Å². The van der Waals surface area contributed by atoms with Crippen LogP contribution in [0.25, 0.3) is 0 Å². The Kier molecular flexibility index (Phi) is 6.52. The summed E-state index contributed by atoms with van der Waals surface area (Å²) in [5.41, 5.74) is 1.56. The molecule has 0 saturated carbocycles. The van der Waals surface area contributed by atoms with Crippen molar-refractivity contribution in [1.82, 2.24) is 9.62 Å². The normalized spacial score (nSPS) is 20.6. The molecule has 0 unspecified atom stereocenters. The molecule has 1 amide bonds. The average molecular weight is 434 g/mol. The zero-order chi connectivity index (χ0) is 21.9. The van der Waals surface area contributed by atoms with Gasteiger partial charge in [0.25, 0.3) is 0 Å². The third-order valence-corrected chi connectivity index (χ3v) is 6.92. The van der Waals surface area contributed by atoms with Gasteiger partial charge in [-0.3, -0.25) is 4.79 Å². The summed E-state index contributed by atoms with van der Waals surface area (Å²) >= 11 is 0.